The quantitative estimate of drug-likeness (QED) is 0.0846. The number of Topliss-reactive ketones (excluding diaryl/α,β-unsaturated/α-hetero) is 1. The highest BCUT2D eigenvalue weighted by molar-refractivity contribution is 5.97. The number of azide groups is 1. The molecule has 0 radical (unpaired) electrons. The van der Waals surface area contributed by atoms with Gasteiger partial charge in [-0.2, -0.15) is 0 Å². The Morgan fingerprint density at radius 2 is 1.84 bits per heavy atom. The number of nitrogens with one attached hydrogen (secondary N) is 3. The molecule has 1 rings (SSSR count). The fraction of sp³-hybridized carbons (Fsp3) is 0.583. The van der Waals surface area contributed by atoms with Gasteiger partial charge >= 0.3 is 6.03 Å². The average molecular weight is 519 g/mol. The Morgan fingerprint density at radius 3 is 2.43 bits per heavy atom. The number of anilines is 1. The molecular formula is C24H38N8O5. The molecule has 1 aromatic carbocycles. The third-order valence-corrected chi connectivity index (χ3v) is 5.45. The van der Waals surface area contributed by atoms with E-state index < -0.39 is 18.0 Å². The highest BCUT2D eigenvalue weighted by Crippen LogP contribution is 2.19. The lowest BCUT2D eigenvalue weighted by Crippen LogP contribution is -2.45. The van der Waals surface area contributed by atoms with Crippen LogP contribution in [0.25, 0.3) is 10.4 Å². The summed E-state index contributed by atoms with van der Waals surface area (Å²) in [6, 6.07) is 5.37. The number of ketones is 1. The predicted molar refractivity (Wildman–Crippen MR) is 139 cm³/mol. The van der Waals surface area contributed by atoms with Crippen molar-refractivity contribution in [2.24, 2.45) is 28.4 Å². The van der Waals surface area contributed by atoms with Crippen LogP contribution in [0.2, 0.25) is 0 Å². The molecule has 204 valence electrons. The second-order valence-electron chi connectivity index (χ2n) is 8.82. The maximum Gasteiger partial charge on any atom is 0.312 e. The second kappa shape index (κ2) is 17.7. The van der Waals surface area contributed by atoms with Gasteiger partial charge in [-0.15, -0.1) is 0 Å². The fourth-order valence-electron chi connectivity index (χ4n) is 3.52. The number of carbonyl (C=O) groups excluding carboxylic acids is 4. The SMILES string of the molecule is CC(C)[C@H](NC(=O)CCOCCN)C(=O)C[C@@H](CCCNC(N)=O)C(=O)Nc1ccc(CN=[N+]=[N-])cc1. The molecule has 0 spiro atoms. The number of carbonyl (C=O) groups is 4. The first-order valence-corrected chi connectivity index (χ1v) is 12.2. The van der Waals surface area contributed by atoms with Crippen LogP contribution in [0.4, 0.5) is 10.5 Å². The van der Waals surface area contributed by atoms with Gasteiger partial charge < -0.3 is 32.2 Å². The Labute approximate surface area is 216 Å². The van der Waals surface area contributed by atoms with Gasteiger partial charge in [0.15, 0.2) is 5.78 Å². The number of ether oxygens (including phenoxy) is 1. The lowest BCUT2D eigenvalue weighted by Gasteiger charge is -2.24. The second-order valence-corrected chi connectivity index (χ2v) is 8.82. The standard InChI is InChI=1S/C24H38N8O5/c1-16(2)22(31-21(34)9-12-37-13-10-25)20(33)14-18(4-3-11-28-24(26)36)23(35)30-19-7-5-17(6-8-19)15-29-32-27/h5-8,16,18,22H,3-4,9-15,25H2,1-2H3,(H,30,35)(H,31,34)(H3,26,28,36)/t18-,22+/m1/s1. The summed E-state index contributed by atoms with van der Waals surface area (Å²) in [6.07, 6.45) is 0.744. The van der Waals surface area contributed by atoms with Crippen LogP contribution in [-0.4, -0.2) is 56.0 Å². The number of nitrogens with zero attached hydrogens (tertiary/aromatic N) is 3. The third-order valence-electron chi connectivity index (χ3n) is 5.45. The van der Waals surface area contributed by atoms with Crippen LogP contribution < -0.4 is 27.4 Å². The van der Waals surface area contributed by atoms with E-state index in [9.17, 15) is 19.2 Å². The molecule has 0 aliphatic heterocycles. The minimum atomic E-state index is -0.763. The van der Waals surface area contributed by atoms with Crippen LogP contribution in [0.3, 0.4) is 0 Å². The van der Waals surface area contributed by atoms with Crippen molar-refractivity contribution in [2.75, 3.05) is 31.6 Å². The van der Waals surface area contributed by atoms with E-state index in [1.807, 2.05) is 13.8 Å². The largest absolute Gasteiger partial charge is 0.380 e. The smallest absolute Gasteiger partial charge is 0.312 e. The monoisotopic (exact) mass is 518 g/mol. The topological polar surface area (TPSA) is 214 Å². The lowest BCUT2D eigenvalue weighted by molar-refractivity contribution is -0.131. The molecule has 0 bridgehead atoms. The van der Waals surface area contributed by atoms with Crippen LogP contribution in [0, 0.1) is 11.8 Å². The zero-order valence-corrected chi connectivity index (χ0v) is 21.4. The highest BCUT2D eigenvalue weighted by Gasteiger charge is 2.29. The molecule has 0 aromatic heterocycles. The highest BCUT2D eigenvalue weighted by atomic mass is 16.5. The predicted octanol–water partition coefficient (Wildman–Crippen LogP) is 1.97. The van der Waals surface area contributed by atoms with Gasteiger partial charge in [-0.3, -0.25) is 14.4 Å². The summed E-state index contributed by atoms with van der Waals surface area (Å²) in [6.45, 7) is 4.98. The number of rotatable bonds is 18. The molecule has 4 amide bonds. The molecule has 0 unspecified atom stereocenters. The van der Waals surface area contributed by atoms with Crippen molar-refractivity contribution in [2.45, 2.75) is 52.1 Å². The number of hydrogen-bond acceptors (Lipinski definition) is 7. The molecule has 0 aliphatic carbocycles. The molecule has 0 aliphatic rings. The van der Waals surface area contributed by atoms with Gasteiger partial charge in [-0.1, -0.05) is 31.1 Å². The van der Waals surface area contributed by atoms with Crippen molar-refractivity contribution in [3.8, 4) is 0 Å². The zero-order valence-electron chi connectivity index (χ0n) is 21.4. The van der Waals surface area contributed by atoms with Crippen molar-refractivity contribution in [1.82, 2.24) is 10.6 Å². The van der Waals surface area contributed by atoms with Gasteiger partial charge in [0, 0.05) is 42.4 Å². The Balaban J connectivity index is 2.87. The zero-order chi connectivity index (χ0) is 27.6. The van der Waals surface area contributed by atoms with Crippen molar-refractivity contribution >= 4 is 29.3 Å². The Hall–Kier alpha value is -3.67. The van der Waals surface area contributed by atoms with Crippen molar-refractivity contribution < 1.29 is 23.9 Å². The van der Waals surface area contributed by atoms with Crippen LogP contribution in [0.5, 0.6) is 0 Å². The van der Waals surface area contributed by atoms with Crippen molar-refractivity contribution in [1.29, 1.82) is 0 Å². The Kier molecular flexibility index (Phi) is 15.0. The van der Waals surface area contributed by atoms with Crippen LogP contribution in [0.15, 0.2) is 29.4 Å². The molecule has 13 nitrogen and oxygen atoms in total. The summed E-state index contributed by atoms with van der Waals surface area (Å²) in [5, 5.41) is 11.5. The van der Waals surface area contributed by atoms with Gasteiger partial charge in [0.25, 0.3) is 0 Å². The maximum atomic E-state index is 13.2. The van der Waals surface area contributed by atoms with Gasteiger partial charge in [0.1, 0.15) is 0 Å². The summed E-state index contributed by atoms with van der Waals surface area (Å²) in [7, 11) is 0. The number of amides is 4. The molecule has 7 N–H and O–H groups in total. The van der Waals surface area contributed by atoms with Gasteiger partial charge in [-0.25, -0.2) is 4.79 Å². The summed E-state index contributed by atoms with van der Waals surface area (Å²) in [5.41, 5.74) is 20.2. The van der Waals surface area contributed by atoms with Crippen LogP contribution in [0.1, 0.15) is 45.1 Å². The summed E-state index contributed by atoms with van der Waals surface area (Å²) in [4.78, 5) is 52.3. The third kappa shape index (κ3) is 13.3. The molecule has 37 heavy (non-hydrogen) atoms. The van der Waals surface area contributed by atoms with Crippen LogP contribution >= 0.6 is 0 Å². The summed E-state index contributed by atoms with van der Waals surface area (Å²) < 4.78 is 5.22. The normalized spacial score (nSPS) is 12.2. The minimum Gasteiger partial charge on any atom is -0.380 e. The van der Waals surface area contributed by atoms with Gasteiger partial charge in [0.2, 0.25) is 11.8 Å². The maximum absolute atomic E-state index is 13.2. The van der Waals surface area contributed by atoms with E-state index in [0.29, 0.717) is 31.7 Å². The summed E-state index contributed by atoms with van der Waals surface area (Å²) >= 11 is 0. The first-order chi connectivity index (χ1) is 17.7. The van der Waals surface area contributed by atoms with Crippen LogP contribution in [-0.2, 0) is 25.7 Å². The van der Waals surface area contributed by atoms with E-state index >= 15 is 0 Å². The molecule has 0 heterocycles. The number of benzene rings is 1. The van der Waals surface area contributed by atoms with Gasteiger partial charge in [0.05, 0.1) is 25.8 Å². The summed E-state index contributed by atoms with van der Waals surface area (Å²) in [5.74, 6) is -1.84. The van der Waals surface area contributed by atoms with E-state index in [0.717, 1.165) is 5.56 Å². The number of nitrogens with two attached hydrogens (primary N) is 2. The van der Waals surface area contributed by atoms with Gasteiger partial charge in [-0.05, 0) is 42.0 Å². The van der Waals surface area contributed by atoms with Crippen molar-refractivity contribution in [3.63, 3.8) is 0 Å². The average Bonchev–Trinajstić information content (AvgIpc) is 2.86. The lowest BCUT2D eigenvalue weighted by atomic mass is 9.89. The number of urea groups is 1. The first kappa shape index (κ1) is 31.4. The molecule has 13 heteroatoms. The Bertz CT molecular complexity index is 932. The Morgan fingerprint density at radius 1 is 1.14 bits per heavy atom. The molecule has 2 atom stereocenters. The molecule has 0 saturated carbocycles. The first-order valence-electron chi connectivity index (χ1n) is 12.2. The van der Waals surface area contributed by atoms with Crippen molar-refractivity contribution in [3.05, 3.63) is 40.3 Å². The van der Waals surface area contributed by atoms with E-state index in [2.05, 4.69) is 26.0 Å². The molecule has 1 aromatic rings. The van der Waals surface area contributed by atoms with E-state index in [1.54, 1.807) is 24.3 Å². The minimum absolute atomic E-state index is 0.0921. The number of hydrogen-bond donors (Lipinski definition) is 5. The number of primary amides is 1. The molecular weight excluding hydrogens is 480 g/mol. The van der Waals surface area contributed by atoms with E-state index in [1.165, 1.54) is 0 Å². The fourth-order valence-corrected chi connectivity index (χ4v) is 3.52. The van der Waals surface area contributed by atoms with E-state index in [-0.39, 0.29) is 56.1 Å². The molecule has 0 saturated heterocycles. The van der Waals surface area contributed by atoms with E-state index in [4.69, 9.17) is 21.7 Å². The molecule has 0 fully saturated rings.